The van der Waals surface area contributed by atoms with Crippen molar-refractivity contribution in [1.29, 1.82) is 0 Å². The van der Waals surface area contributed by atoms with E-state index in [0.717, 1.165) is 18.5 Å². The molecule has 128 valence electrons. The molecule has 2 aromatic rings. The van der Waals surface area contributed by atoms with Gasteiger partial charge in [-0.1, -0.05) is 43.7 Å². The number of nitrogens with zero attached hydrogens (tertiary/aromatic N) is 1. The highest BCUT2D eigenvalue weighted by Gasteiger charge is 2.18. The maximum absolute atomic E-state index is 12.9. The van der Waals surface area contributed by atoms with Crippen LogP contribution < -0.4 is 4.90 Å². The molecule has 1 amide bonds. The Balaban J connectivity index is 2.31. The van der Waals surface area contributed by atoms with Crippen LogP contribution in [-0.2, 0) is 15.6 Å². The van der Waals surface area contributed by atoms with E-state index >= 15 is 0 Å². The molecular weight excluding hydrogens is 322 g/mol. The van der Waals surface area contributed by atoms with Gasteiger partial charge in [0.05, 0.1) is 5.75 Å². The summed E-state index contributed by atoms with van der Waals surface area (Å²) in [7, 11) is -3.13. The number of carbonyl (C=O) groups is 1. The molecule has 0 radical (unpaired) electrons. The van der Waals surface area contributed by atoms with E-state index in [4.69, 9.17) is 0 Å². The van der Waals surface area contributed by atoms with Gasteiger partial charge in [-0.25, -0.2) is 8.42 Å². The molecule has 2 aromatic carbocycles. The minimum atomic E-state index is -3.13. The van der Waals surface area contributed by atoms with Gasteiger partial charge in [-0.3, -0.25) is 4.79 Å². The zero-order valence-corrected chi connectivity index (χ0v) is 14.9. The molecule has 0 saturated carbocycles. The molecule has 2 rings (SSSR count). The van der Waals surface area contributed by atoms with Crippen molar-refractivity contribution in [3.05, 3.63) is 65.7 Å². The van der Waals surface area contributed by atoms with Crippen molar-refractivity contribution in [2.45, 2.75) is 25.5 Å². The molecule has 0 N–H and O–H groups in total. The number of anilines is 1. The van der Waals surface area contributed by atoms with Crippen LogP contribution in [0.1, 0.15) is 35.7 Å². The van der Waals surface area contributed by atoms with Gasteiger partial charge in [0.2, 0.25) is 0 Å². The van der Waals surface area contributed by atoms with Crippen molar-refractivity contribution in [3.63, 3.8) is 0 Å². The normalized spacial score (nSPS) is 11.2. The van der Waals surface area contributed by atoms with E-state index in [-0.39, 0.29) is 11.7 Å². The number of unbranched alkanes of at least 4 members (excludes halogenated alkanes) is 1. The van der Waals surface area contributed by atoms with Crippen LogP contribution in [0.3, 0.4) is 0 Å². The van der Waals surface area contributed by atoms with Crippen LogP contribution in [0.5, 0.6) is 0 Å². The van der Waals surface area contributed by atoms with Gasteiger partial charge in [0.1, 0.15) is 0 Å². The summed E-state index contributed by atoms with van der Waals surface area (Å²) in [5.41, 5.74) is 1.99. The number of carbonyl (C=O) groups excluding carboxylic acids is 1. The molecule has 0 aliphatic carbocycles. The number of benzene rings is 2. The number of sulfone groups is 1. The van der Waals surface area contributed by atoms with Gasteiger partial charge in [0, 0.05) is 24.1 Å². The first-order chi connectivity index (χ1) is 11.4. The van der Waals surface area contributed by atoms with E-state index in [0.29, 0.717) is 17.7 Å². The van der Waals surface area contributed by atoms with E-state index in [2.05, 4.69) is 6.92 Å². The molecular formula is C19H23NO3S. The topological polar surface area (TPSA) is 54.5 Å². The predicted molar refractivity (Wildman–Crippen MR) is 98.0 cm³/mol. The van der Waals surface area contributed by atoms with Gasteiger partial charge < -0.3 is 4.90 Å². The minimum absolute atomic E-state index is 0.0611. The number of amides is 1. The van der Waals surface area contributed by atoms with Crippen LogP contribution in [0.15, 0.2) is 54.6 Å². The lowest BCUT2D eigenvalue weighted by atomic mass is 10.1. The Kier molecular flexibility index (Phi) is 6.15. The molecule has 0 saturated heterocycles. The molecule has 4 nitrogen and oxygen atoms in total. The Morgan fingerprint density at radius 2 is 1.75 bits per heavy atom. The van der Waals surface area contributed by atoms with Gasteiger partial charge in [0.25, 0.3) is 5.91 Å². The second-order valence-corrected chi connectivity index (χ2v) is 8.06. The summed E-state index contributed by atoms with van der Waals surface area (Å²) in [6.45, 7) is 2.72. The van der Waals surface area contributed by atoms with E-state index in [1.165, 1.54) is 6.26 Å². The summed E-state index contributed by atoms with van der Waals surface area (Å²) < 4.78 is 23.0. The highest BCUT2D eigenvalue weighted by molar-refractivity contribution is 7.89. The van der Waals surface area contributed by atoms with Crippen molar-refractivity contribution >= 4 is 21.4 Å². The molecule has 0 unspecified atom stereocenters. The van der Waals surface area contributed by atoms with Crippen LogP contribution in [0.2, 0.25) is 0 Å². The Morgan fingerprint density at radius 1 is 1.04 bits per heavy atom. The van der Waals surface area contributed by atoms with E-state index < -0.39 is 9.84 Å². The summed E-state index contributed by atoms with van der Waals surface area (Å²) in [6, 6.07) is 16.4. The van der Waals surface area contributed by atoms with Gasteiger partial charge in [-0.15, -0.1) is 0 Å². The van der Waals surface area contributed by atoms with Crippen LogP contribution >= 0.6 is 0 Å². The Labute approximate surface area is 144 Å². The number of para-hydroxylation sites is 1. The summed E-state index contributed by atoms with van der Waals surface area (Å²) in [5.74, 6) is -0.168. The summed E-state index contributed by atoms with van der Waals surface area (Å²) in [6.07, 6.45) is 3.09. The number of hydrogen-bond donors (Lipinski definition) is 0. The maximum Gasteiger partial charge on any atom is 0.258 e. The fraction of sp³-hybridized carbons (Fsp3) is 0.316. The van der Waals surface area contributed by atoms with E-state index in [9.17, 15) is 13.2 Å². The van der Waals surface area contributed by atoms with Gasteiger partial charge in [0.15, 0.2) is 9.84 Å². The number of hydrogen-bond acceptors (Lipinski definition) is 3. The highest BCUT2D eigenvalue weighted by atomic mass is 32.2. The first-order valence-corrected chi connectivity index (χ1v) is 10.1. The van der Waals surface area contributed by atoms with Crippen LogP contribution in [0.25, 0.3) is 0 Å². The molecule has 0 spiro atoms. The largest absolute Gasteiger partial charge is 0.308 e. The average Bonchev–Trinajstić information content (AvgIpc) is 2.54. The quantitative estimate of drug-likeness (QED) is 0.769. The van der Waals surface area contributed by atoms with Gasteiger partial charge >= 0.3 is 0 Å². The van der Waals surface area contributed by atoms with Crippen molar-refractivity contribution in [3.8, 4) is 0 Å². The summed E-state index contributed by atoms with van der Waals surface area (Å²) in [5, 5.41) is 0. The third-order valence-electron chi connectivity index (χ3n) is 3.65. The van der Waals surface area contributed by atoms with Gasteiger partial charge in [-0.05, 0) is 36.2 Å². The first-order valence-electron chi connectivity index (χ1n) is 8.04. The standard InChI is InChI=1S/C19H23NO3S/c1-3-4-13-20(18-11-6-5-7-12-18)19(21)17-10-8-9-16(14-17)15-24(2,22)23/h5-12,14H,3-4,13,15H2,1-2H3. The smallest absolute Gasteiger partial charge is 0.258 e. The lowest BCUT2D eigenvalue weighted by molar-refractivity contribution is 0.0986. The zero-order valence-electron chi connectivity index (χ0n) is 14.1. The third-order valence-corrected chi connectivity index (χ3v) is 4.51. The third kappa shape index (κ3) is 5.20. The van der Waals surface area contributed by atoms with Crippen molar-refractivity contribution in [1.82, 2.24) is 0 Å². The summed E-state index contributed by atoms with van der Waals surface area (Å²) in [4.78, 5) is 14.7. The molecule has 0 bridgehead atoms. The zero-order chi connectivity index (χ0) is 17.6. The lowest BCUT2D eigenvalue weighted by Crippen LogP contribution is -2.32. The highest BCUT2D eigenvalue weighted by Crippen LogP contribution is 2.19. The lowest BCUT2D eigenvalue weighted by Gasteiger charge is -2.23. The second-order valence-electron chi connectivity index (χ2n) is 5.92. The summed E-state index contributed by atoms with van der Waals surface area (Å²) >= 11 is 0. The Hall–Kier alpha value is -2.14. The molecule has 0 fully saturated rings. The Morgan fingerprint density at radius 3 is 2.38 bits per heavy atom. The molecule has 0 aliphatic rings. The fourth-order valence-corrected chi connectivity index (χ4v) is 3.31. The first kappa shape index (κ1) is 18.2. The van der Waals surface area contributed by atoms with Crippen molar-refractivity contribution < 1.29 is 13.2 Å². The van der Waals surface area contributed by atoms with Gasteiger partial charge in [-0.2, -0.15) is 0 Å². The van der Waals surface area contributed by atoms with E-state index in [1.807, 2.05) is 30.3 Å². The fourth-order valence-electron chi connectivity index (χ4n) is 2.52. The molecule has 0 atom stereocenters. The van der Waals surface area contributed by atoms with Crippen molar-refractivity contribution in [2.24, 2.45) is 0 Å². The van der Waals surface area contributed by atoms with Crippen LogP contribution in [0.4, 0.5) is 5.69 Å². The minimum Gasteiger partial charge on any atom is -0.308 e. The molecule has 24 heavy (non-hydrogen) atoms. The SMILES string of the molecule is CCCCN(C(=O)c1cccc(CS(C)(=O)=O)c1)c1ccccc1. The molecule has 0 aliphatic heterocycles. The monoisotopic (exact) mass is 345 g/mol. The number of rotatable bonds is 7. The molecule has 0 aromatic heterocycles. The average molecular weight is 345 g/mol. The van der Waals surface area contributed by atoms with Crippen LogP contribution in [-0.4, -0.2) is 27.1 Å². The Bertz CT molecular complexity index is 785. The van der Waals surface area contributed by atoms with E-state index in [1.54, 1.807) is 29.2 Å². The van der Waals surface area contributed by atoms with Crippen molar-refractivity contribution in [2.75, 3.05) is 17.7 Å². The molecule has 0 heterocycles. The second kappa shape index (κ2) is 8.11. The maximum atomic E-state index is 12.9. The van der Waals surface area contributed by atoms with Crippen LogP contribution in [0, 0.1) is 0 Å². The molecule has 5 heteroatoms. The predicted octanol–water partition coefficient (Wildman–Crippen LogP) is 3.68.